The van der Waals surface area contributed by atoms with Crippen molar-refractivity contribution in [2.75, 3.05) is 0 Å². The summed E-state index contributed by atoms with van der Waals surface area (Å²) in [6.07, 6.45) is 1.71. The molecule has 138 valence electrons. The van der Waals surface area contributed by atoms with Crippen LogP contribution >= 0.6 is 0 Å². The lowest BCUT2D eigenvalue weighted by molar-refractivity contribution is 0.0733. The Bertz CT molecular complexity index is 1110. The zero-order valence-electron chi connectivity index (χ0n) is 15.6. The highest BCUT2D eigenvalue weighted by molar-refractivity contribution is 6.15. The van der Waals surface area contributed by atoms with Gasteiger partial charge < -0.3 is 9.47 Å². The summed E-state index contributed by atoms with van der Waals surface area (Å²) in [5.74, 6) is 0.389. The molecule has 1 heterocycles. The molecule has 0 radical (unpaired) electrons. The second kappa shape index (κ2) is 7.16. The van der Waals surface area contributed by atoms with Crippen LogP contribution in [0.5, 0.6) is 11.5 Å². The van der Waals surface area contributed by atoms with Crippen LogP contribution in [0.25, 0.3) is 6.08 Å². The molecule has 0 N–H and O–H groups in total. The van der Waals surface area contributed by atoms with E-state index in [-0.39, 0.29) is 11.5 Å². The van der Waals surface area contributed by atoms with Gasteiger partial charge in [-0.05, 0) is 48.7 Å². The van der Waals surface area contributed by atoms with E-state index in [0.29, 0.717) is 28.2 Å². The summed E-state index contributed by atoms with van der Waals surface area (Å²) in [7, 11) is 0. The molecule has 0 atom stereocenters. The van der Waals surface area contributed by atoms with Gasteiger partial charge in [0.2, 0.25) is 5.78 Å². The maximum atomic E-state index is 12.7. The largest absolute Gasteiger partial charge is 0.452 e. The number of carbonyl (C=O) groups is 2. The summed E-state index contributed by atoms with van der Waals surface area (Å²) >= 11 is 0. The van der Waals surface area contributed by atoms with Crippen LogP contribution in [0.4, 0.5) is 0 Å². The lowest BCUT2D eigenvalue weighted by Gasteiger charge is -2.09. The molecular formula is C24H18O4. The molecule has 3 aromatic carbocycles. The first kappa shape index (κ1) is 17.7. The number of benzene rings is 3. The number of hydrogen-bond donors (Lipinski definition) is 0. The number of rotatable bonds is 3. The molecule has 0 aliphatic carbocycles. The summed E-state index contributed by atoms with van der Waals surface area (Å²) < 4.78 is 11.3. The quantitative estimate of drug-likeness (QED) is 0.364. The highest BCUT2D eigenvalue weighted by atomic mass is 16.5. The maximum absolute atomic E-state index is 12.7. The van der Waals surface area contributed by atoms with Crippen molar-refractivity contribution in [1.29, 1.82) is 0 Å². The Hall–Kier alpha value is -3.66. The normalized spacial score (nSPS) is 13.9. The molecule has 4 nitrogen and oxygen atoms in total. The van der Waals surface area contributed by atoms with Gasteiger partial charge in [-0.15, -0.1) is 0 Å². The average molecular weight is 370 g/mol. The number of ether oxygens (including phenoxy) is 2. The van der Waals surface area contributed by atoms with E-state index in [9.17, 15) is 9.59 Å². The molecule has 0 bridgehead atoms. The first-order chi connectivity index (χ1) is 13.5. The van der Waals surface area contributed by atoms with Crippen molar-refractivity contribution >= 4 is 17.8 Å². The van der Waals surface area contributed by atoms with E-state index in [1.807, 2.05) is 49.4 Å². The topological polar surface area (TPSA) is 52.6 Å². The fourth-order valence-corrected chi connectivity index (χ4v) is 3.20. The number of hydrogen-bond acceptors (Lipinski definition) is 4. The smallest absolute Gasteiger partial charge is 0.343 e. The summed E-state index contributed by atoms with van der Waals surface area (Å²) in [6, 6.07) is 20.0. The van der Waals surface area contributed by atoms with Gasteiger partial charge in [0.05, 0.1) is 11.1 Å². The Balaban J connectivity index is 1.63. The Morgan fingerprint density at radius 1 is 0.929 bits per heavy atom. The van der Waals surface area contributed by atoms with Crippen molar-refractivity contribution in [1.82, 2.24) is 0 Å². The lowest BCUT2D eigenvalue weighted by Crippen LogP contribution is -2.10. The zero-order valence-corrected chi connectivity index (χ0v) is 15.6. The number of Topliss-reactive ketones (excluding diaryl/α,β-unsaturated/α-hetero) is 1. The molecule has 1 aliphatic heterocycles. The van der Waals surface area contributed by atoms with Crippen LogP contribution in [-0.2, 0) is 0 Å². The number of esters is 1. The molecule has 28 heavy (non-hydrogen) atoms. The Kier molecular flexibility index (Phi) is 4.53. The lowest BCUT2D eigenvalue weighted by atomic mass is 10.0. The van der Waals surface area contributed by atoms with Gasteiger partial charge in [0, 0.05) is 6.07 Å². The van der Waals surface area contributed by atoms with Gasteiger partial charge in [0.15, 0.2) is 5.76 Å². The van der Waals surface area contributed by atoms with Crippen LogP contribution in [0.3, 0.4) is 0 Å². The number of carbonyl (C=O) groups excluding carboxylic acids is 2. The Morgan fingerprint density at radius 3 is 2.39 bits per heavy atom. The van der Waals surface area contributed by atoms with Crippen LogP contribution < -0.4 is 9.47 Å². The van der Waals surface area contributed by atoms with E-state index in [0.717, 1.165) is 11.1 Å². The second-order valence-electron chi connectivity index (χ2n) is 6.67. The fraction of sp³-hybridized carbons (Fsp3) is 0.0833. The van der Waals surface area contributed by atoms with E-state index < -0.39 is 5.97 Å². The molecule has 0 unspecified atom stereocenters. The highest BCUT2D eigenvalue weighted by Crippen LogP contribution is 2.37. The molecular weight excluding hydrogens is 352 g/mol. The fourth-order valence-electron chi connectivity index (χ4n) is 3.20. The SMILES string of the molecule is Cc1ccccc1C(=O)Oc1cc(C)c2c(c1)O/C(=C\c1ccccc1)C2=O. The number of aryl methyl sites for hydroxylation is 2. The van der Waals surface area contributed by atoms with Crippen molar-refractivity contribution in [3.05, 3.63) is 100 Å². The molecule has 4 heteroatoms. The first-order valence-corrected chi connectivity index (χ1v) is 8.94. The predicted molar refractivity (Wildman–Crippen MR) is 107 cm³/mol. The van der Waals surface area contributed by atoms with Gasteiger partial charge in [0.1, 0.15) is 11.5 Å². The van der Waals surface area contributed by atoms with Crippen LogP contribution in [0.2, 0.25) is 0 Å². The summed E-state index contributed by atoms with van der Waals surface area (Å²) in [5, 5.41) is 0. The third-order valence-electron chi connectivity index (χ3n) is 4.62. The van der Waals surface area contributed by atoms with Crippen molar-refractivity contribution in [2.45, 2.75) is 13.8 Å². The highest BCUT2D eigenvalue weighted by Gasteiger charge is 2.30. The van der Waals surface area contributed by atoms with E-state index in [4.69, 9.17) is 9.47 Å². The molecule has 3 aromatic rings. The third-order valence-corrected chi connectivity index (χ3v) is 4.62. The average Bonchev–Trinajstić information content (AvgIpc) is 2.98. The van der Waals surface area contributed by atoms with Crippen LogP contribution in [0, 0.1) is 13.8 Å². The molecule has 0 amide bonds. The Labute approximate surface area is 163 Å². The van der Waals surface area contributed by atoms with Crippen molar-refractivity contribution in [3.8, 4) is 11.5 Å². The maximum Gasteiger partial charge on any atom is 0.343 e. The monoisotopic (exact) mass is 370 g/mol. The number of fused-ring (bicyclic) bond motifs is 1. The van der Waals surface area contributed by atoms with Crippen molar-refractivity contribution in [2.24, 2.45) is 0 Å². The van der Waals surface area contributed by atoms with E-state index >= 15 is 0 Å². The van der Waals surface area contributed by atoms with Gasteiger partial charge in [-0.25, -0.2) is 4.79 Å². The van der Waals surface area contributed by atoms with E-state index in [2.05, 4.69) is 0 Å². The molecule has 1 aliphatic rings. The first-order valence-electron chi connectivity index (χ1n) is 8.94. The van der Waals surface area contributed by atoms with Gasteiger partial charge in [-0.3, -0.25) is 4.79 Å². The Morgan fingerprint density at radius 2 is 1.64 bits per heavy atom. The summed E-state index contributed by atoms with van der Waals surface area (Å²) in [6.45, 7) is 3.66. The van der Waals surface area contributed by atoms with Crippen LogP contribution in [-0.4, -0.2) is 11.8 Å². The minimum atomic E-state index is -0.443. The second-order valence-corrected chi connectivity index (χ2v) is 6.67. The predicted octanol–water partition coefficient (Wildman–Crippen LogP) is 5.14. The summed E-state index contributed by atoms with van der Waals surface area (Å²) in [4.78, 5) is 25.2. The molecule has 0 saturated heterocycles. The minimum Gasteiger partial charge on any atom is -0.452 e. The molecule has 0 fully saturated rings. The zero-order chi connectivity index (χ0) is 19.7. The third kappa shape index (κ3) is 3.32. The standard InChI is InChI=1S/C24H18O4/c1-15-8-6-7-11-19(15)24(26)27-18-12-16(2)22-20(14-18)28-21(23(22)25)13-17-9-4-3-5-10-17/h3-14H,1-2H3/b21-13-. The number of ketones is 1. The summed E-state index contributed by atoms with van der Waals surface area (Å²) in [5.41, 5.74) is 3.42. The van der Waals surface area contributed by atoms with E-state index in [1.165, 1.54) is 0 Å². The van der Waals surface area contributed by atoms with Crippen LogP contribution in [0.1, 0.15) is 37.4 Å². The van der Waals surface area contributed by atoms with Gasteiger partial charge in [-0.2, -0.15) is 0 Å². The molecule has 0 spiro atoms. The van der Waals surface area contributed by atoms with E-state index in [1.54, 1.807) is 37.3 Å². The van der Waals surface area contributed by atoms with Gasteiger partial charge in [-0.1, -0.05) is 48.5 Å². The van der Waals surface area contributed by atoms with Gasteiger partial charge in [0.25, 0.3) is 0 Å². The molecule has 4 rings (SSSR count). The minimum absolute atomic E-state index is 0.173. The van der Waals surface area contributed by atoms with Crippen molar-refractivity contribution < 1.29 is 19.1 Å². The van der Waals surface area contributed by atoms with Crippen molar-refractivity contribution in [3.63, 3.8) is 0 Å². The molecule has 0 aromatic heterocycles. The van der Waals surface area contributed by atoms with Gasteiger partial charge >= 0.3 is 5.97 Å². The molecule has 0 saturated carbocycles. The van der Waals surface area contributed by atoms with Crippen LogP contribution in [0.15, 0.2) is 72.5 Å². The number of allylic oxidation sites excluding steroid dienone is 1.